The molecule has 6 heteroatoms. The van der Waals surface area contributed by atoms with Gasteiger partial charge in [0.15, 0.2) is 11.5 Å². The fourth-order valence-corrected chi connectivity index (χ4v) is 3.86. The molecule has 3 atom stereocenters. The van der Waals surface area contributed by atoms with Gasteiger partial charge in [-0.1, -0.05) is 6.07 Å². The Morgan fingerprint density at radius 3 is 3.04 bits per heavy atom. The summed E-state index contributed by atoms with van der Waals surface area (Å²) in [6.45, 7) is 4.64. The highest BCUT2D eigenvalue weighted by Gasteiger charge is 2.30. The van der Waals surface area contributed by atoms with Gasteiger partial charge in [0.2, 0.25) is 6.79 Å². The normalized spacial score (nSPS) is 30.2. The first-order valence-corrected chi connectivity index (χ1v) is 8.60. The molecule has 6 nitrogen and oxygen atoms in total. The SMILES string of the molecule is CN1CCCC1CNCC1CNNC1c1ccc2c(c1)OCO2. The largest absolute Gasteiger partial charge is 0.454 e. The van der Waals surface area contributed by atoms with E-state index in [1.807, 2.05) is 6.07 Å². The van der Waals surface area contributed by atoms with Crippen molar-refractivity contribution in [2.45, 2.75) is 24.9 Å². The number of fused-ring (bicyclic) bond motifs is 1. The number of ether oxygens (including phenoxy) is 2. The standard InChI is InChI=1S/C17H26N4O2/c1-21-6-2-3-14(21)10-18-8-13-9-19-20-17(13)12-4-5-15-16(7-12)23-11-22-15/h4-5,7,13-14,17-20H,2-3,6,8-11H2,1H3. The average Bonchev–Trinajstić information content (AvgIpc) is 3.28. The van der Waals surface area contributed by atoms with Gasteiger partial charge < -0.3 is 19.7 Å². The van der Waals surface area contributed by atoms with Crippen LogP contribution in [0.5, 0.6) is 11.5 Å². The minimum atomic E-state index is 0.304. The monoisotopic (exact) mass is 318 g/mol. The van der Waals surface area contributed by atoms with E-state index in [9.17, 15) is 0 Å². The summed E-state index contributed by atoms with van der Waals surface area (Å²) in [7, 11) is 2.23. The Kier molecular flexibility index (Phi) is 4.39. The van der Waals surface area contributed by atoms with Crippen LogP contribution in [0, 0.1) is 5.92 Å². The van der Waals surface area contributed by atoms with Crippen molar-refractivity contribution in [2.24, 2.45) is 5.92 Å². The fourth-order valence-electron chi connectivity index (χ4n) is 3.86. The summed E-state index contributed by atoms with van der Waals surface area (Å²) < 4.78 is 10.9. The van der Waals surface area contributed by atoms with Crippen LogP contribution in [0.25, 0.3) is 0 Å². The topological polar surface area (TPSA) is 57.8 Å². The Hall–Kier alpha value is -1.34. The molecule has 3 unspecified atom stereocenters. The number of nitrogens with zero attached hydrogens (tertiary/aromatic N) is 1. The van der Waals surface area contributed by atoms with Crippen molar-refractivity contribution >= 4 is 0 Å². The highest BCUT2D eigenvalue weighted by atomic mass is 16.7. The maximum absolute atomic E-state index is 5.50. The van der Waals surface area contributed by atoms with Crippen LogP contribution in [0.4, 0.5) is 0 Å². The van der Waals surface area contributed by atoms with Gasteiger partial charge in [0, 0.05) is 31.6 Å². The molecule has 0 aliphatic carbocycles. The number of nitrogens with one attached hydrogen (secondary N) is 3. The van der Waals surface area contributed by atoms with Crippen LogP contribution in [-0.4, -0.2) is 51.0 Å². The van der Waals surface area contributed by atoms with Gasteiger partial charge in [-0.15, -0.1) is 0 Å². The Bertz CT molecular complexity index is 553. The molecule has 0 bridgehead atoms. The number of rotatable bonds is 5. The van der Waals surface area contributed by atoms with Crippen molar-refractivity contribution in [3.8, 4) is 11.5 Å². The summed E-state index contributed by atoms with van der Waals surface area (Å²) in [4.78, 5) is 2.47. The first-order valence-electron chi connectivity index (χ1n) is 8.60. The molecule has 0 radical (unpaired) electrons. The number of benzene rings is 1. The van der Waals surface area contributed by atoms with E-state index < -0.39 is 0 Å². The molecule has 3 aliphatic heterocycles. The van der Waals surface area contributed by atoms with Gasteiger partial charge in [0.25, 0.3) is 0 Å². The lowest BCUT2D eigenvalue weighted by atomic mass is 9.94. The van der Waals surface area contributed by atoms with E-state index in [-0.39, 0.29) is 0 Å². The van der Waals surface area contributed by atoms with E-state index in [2.05, 4.69) is 40.2 Å². The van der Waals surface area contributed by atoms with Gasteiger partial charge in [-0.2, -0.15) is 0 Å². The summed E-state index contributed by atoms with van der Waals surface area (Å²) in [6.07, 6.45) is 2.64. The van der Waals surface area contributed by atoms with Crippen molar-refractivity contribution < 1.29 is 9.47 Å². The number of hydrogen-bond acceptors (Lipinski definition) is 6. The van der Waals surface area contributed by atoms with E-state index in [1.54, 1.807) is 0 Å². The summed E-state index contributed by atoms with van der Waals surface area (Å²) in [5.41, 5.74) is 7.96. The molecule has 126 valence electrons. The molecule has 0 aromatic heterocycles. The first kappa shape index (κ1) is 15.2. The highest BCUT2D eigenvalue weighted by molar-refractivity contribution is 5.45. The van der Waals surface area contributed by atoms with Gasteiger partial charge in [-0.3, -0.25) is 5.43 Å². The minimum Gasteiger partial charge on any atom is -0.454 e. The van der Waals surface area contributed by atoms with Crippen molar-refractivity contribution in [1.82, 2.24) is 21.1 Å². The maximum Gasteiger partial charge on any atom is 0.231 e. The molecule has 1 aromatic rings. The molecule has 0 saturated carbocycles. The molecule has 2 saturated heterocycles. The van der Waals surface area contributed by atoms with E-state index in [0.717, 1.165) is 31.1 Å². The molecular weight excluding hydrogens is 292 g/mol. The summed E-state index contributed by atoms with van der Waals surface area (Å²) >= 11 is 0. The smallest absolute Gasteiger partial charge is 0.231 e. The predicted molar refractivity (Wildman–Crippen MR) is 88.5 cm³/mol. The van der Waals surface area contributed by atoms with Crippen LogP contribution < -0.4 is 25.6 Å². The van der Waals surface area contributed by atoms with Crippen molar-refractivity contribution in [2.75, 3.05) is 40.0 Å². The van der Waals surface area contributed by atoms with Crippen molar-refractivity contribution in [3.05, 3.63) is 23.8 Å². The quantitative estimate of drug-likeness (QED) is 0.749. The van der Waals surface area contributed by atoms with Crippen LogP contribution in [0.3, 0.4) is 0 Å². The molecule has 23 heavy (non-hydrogen) atoms. The average molecular weight is 318 g/mol. The lowest BCUT2D eigenvalue weighted by Gasteiger charge is -2.23. The van der Waals surface area contributed by atoms with E-state index in [1.165, 1.54) is 24.9 Å². The summed E-state index contributed by atoms with van der Waals surface area (Å²) in [5.74, 6) is 2.23. The van der Waals surface area contributed by atoms with Crippen LogP contribution in [-0.2, 0) is 0 Å². The summed E-state index contributed by atoms with van der Waals surface area (Å²) in [5, 5.41) is 3.67. The lowest BCUT2D eigenvalue weighted by Crippen LogP contribution is -2.38. The molecule has 1 aromatic carbocycles. The van der Waals surface area contributed by atoms with Gasteiger partial charge in [0.1, 0.15) is 0 Å². The second kappa shape index (κ2) is 6.65. The predicted octanol–water partition coefficient (Wildman–Crippen LogP) is 0.864. The van der Waals surface area contributed by atoms with Gasteiger partial charge >= 0.3 is 0 Å². The van der Waals surface area contributed by atoms with Crippen LogP contribution >= 0.6 is 0 Å². The molecule has 2 fully saturated rings. The Morgan fingerprint density at radius 1 is 1.26 bits per heavy atom. The van der Waals surface area contributed by atoms with E-state index in [0.29, 0.717) is 24.8 Å². The van der Waals surface area contributed by atoms with Gasteiger partial charge in [-0.05, 0) is 44.1 Å². The fraction of sp³-hybridized carbons (Fsp3) is 0.647. The molecule has 0 amide bonds. The third-order valence-electron chi connectivity index (χ3n) is 5.31. The number of likely N-dealkylation sites (tertiary alicyclic amines) is 1. The van der Waals surface area contributed by atoms with E-state index >= 15 is 0 Å². The van der Waals surface area contributed by atoms with Crippen LogP contribution in [0.1, 0.15) is 24.4 Å². The molecule has 3 aliphatic rings. The second-order valence-electron chi connectivity index (χ2n) is 6.81. The van der Waals surface area contributed by atoms with Crippen molar-refractivity contribution in [1.29, 1.82) is 0 Å². The molecule has 0 spiro atoms. The number of likely N-dealkylation sites (N-methyl/N-ethyl adjacent to an activating group) is 1. The Labute approximate surface area is 137 Å². The molecule has 3 heterocycles. The van der Waals surface area contributed by atoms with E-state index in [4.69, 9.17) is 9.47 Å². The molecular formula is C17H26N4O2. The number of hydrazine groups is 1. The third kappa shape index (κ3) is 3.17. The Morgan fingerprint density at radius 2 is 2.17 bits per heavy atom. The minimum absolute atomic E-state index is 0.304. The first-order chi connectivity index (χ1) is 11.3. The summed E-state index contributed by atoms with van der Waals surface area (Å²) in [6, 6.07) is 7.25. The zero-order valence-corrected chi connectivity index (χ0v) is 13.7. The highest BCUT2D eigenvalue weighted by Crippen LogP contribution is 2.36. The molecule has 3 N–H and O–H groups in total. The second-order valence-corrected chi connectivity index (χ2v) is 6.81. The Balaban J connectivity index is 1.35. The zero-order valence-electron chi connectivity index (χ0n) is 13.7. The number of hydrogen-bond donors (Lipinski definition) is 3. The van der Waals surface area contributed by atoms with Gasteiger partial charge in [-0.25, -0.2) is 5.43 Å². The lowest BCUT2D eigenvalue weighted by molar-refractivity contribution is 0.174. The molecule has 4 rings (SSSR count). The van der Waals surface area contributed by atoms with Crippen LogP contribution in [0.2, 0.25) is 0 Å². The van der Waals surface area contributed by atoms with Crippen LogP contribution in [0.15, 0.2) is 18.2 Å². The zero-order chi connectivity index (χ0) is 15.6. The van der Waals surface area contributed by atoms with Crippen molar-refractivity contribution in [3.63, 3.8) is 0 Å². The maximum atomic E-state index is 5.50. The van der Waals surface area contributed by atoms with Gasteiger partial charge in [0.05, 0.1) is 6.04 Å². The third-order valence-corrected chi connectivity index (χ3v) is 5.31.